The summed E-state index contributed by atoms with van der Waals surface area (Å²) in [5, 5.41) is 120. The van der Waals surface area contributed by atoms with E-state index < -0.39 is 124 Å². The lowest BCUT2D eigenvalue weighted by Gasteiger charge is -2.48. The van der Waals surface area contributed by atoms with Crippen LogP contribution in [0.15, 0.2) is 48.6 Å². The van der Waals surface area contributed by atoms with Gasteiger partial charge < -0.3 is 89.9 Å². The molecule has 0 aromatic rings. The van der Waals surface area contributed by atoms with Crippen molar-refractivity contribution in [3.05, 3.63) is 48.6 Å². The normalized spacial score (nSPS) is 29.9. The second-order valence-corrected chi connectivity index (χ2v) is 22.9. The van der Waals surface area contributed by atoms with E-state index in [9.17, 15) is 61.0 Å². The second-order valence-electron chi connectivity index (χ2n) is 22.9. The fourth-order valence-corrected chi connectivity index (χ4v) is 10.6. The number of allylic oxidation sites excluding steroid dienone is 7. The summed E-state index contributed by atoms with van der Waals surface area (Å²) < 4.78 is 34.1. The Morgan fingerprint density at radius 3 is 1.27 bits per heavy atom. The van der Waals surface area contributed by atoms with Gasteiger partial charge in [-0.05, 0) is 57.8 Å². The highest BCUT2D eigenvalue weighted by molar-refractivity contribution is 5.76. The molecule has 0 aromatic heterocycles. The minimum absolute atomic E-state index is 0.242. The first-order valence-corrected chi connectivity index (χ1v) is 31.9. The van der Waals surface area contributed by atoms with Gasteiger partial charge in [0, 0.05) is 6.42 Å². The Morgan fingerprint density at radius 2 is 0.805 bits per heavy atom. The second kappa shape index (κ2) is 46.0. The topological polar surface area (TPSA) is 307 Å². The van der Waals surface area contributed by atoms with Gasteiger partial charge in [-0.25, -0.2) is 0 Å². The summed E-state index contributed by atoms with van der Waals surface area (Å²) >= 11 is 0. The number of aliphatic hydroxyl groups is 11. The number of nitrogens with one attached hydrogen (secondary N) is 1. The number of amides is 1. The largest absolute Gasteiger partial charge is 0.394 e. The van der Waals surface area contributed by atoms with E-state index in [1.807, 2.05) is 6.08 Å². The van der Waals surface area contributed by atoms with Crippen molar-refractivity contribution in [2.45, 2.75) is 317 Å². The van der Waals surface area contributed by atoms with E-state index in [-0.39, 0.29) is 18.9 Å². The number of carbonyl (C=O) groups is 1. The highest BCUT2D eigenvalue weighted by atomic mass is 16.8. The zero-order valence-electron chi connectivity index (χ0n) is 50.0. The van der Waals surface area contributed by atoms with Crippen LogP contribution in [-0.2, 0) is 33.2 Å². The van der Waals surface area contributed by atoms with E-state index in [4.69, 9.17) is 28.4 Å². The maximum absolute atomic E-state index is 13.2. The fourth-order valence-electron chi connectivity index (χ4n) is 10.6. The molecule has 17 unspecified atom stereocenters. The Hall–Kier alpha value is -2.25. The Kier molecular flexibility index (Phi) is 41.5. The van der Waals surface area contributed by atoms with E-state index in [0.29, 0.717) is 6.42 Å². The molecule has 0 spiro atoms. The van der Waals surface area contributed by atoms with Crippen molar-refractivity contribution >= 4 is 5.91 Å². The van der Waals surface area contributed by atoms with Crippen molar-refractivity contribution in [2.24, 2.45) is 0 Å². The molecule has 0 bridgehead atoms. The van der Waals surface area contributed by atoms with E-state index in [1.165, 1.54) is 122 Å². The third-order valence-corrected chi connectivity index (χ3v) is 15.9. The number of rotatable bonds is 47. The zero-order valence-corrected chi connectivity index (χ0v) is 50.0. The predicted molar refractivity (Wildman–Crippen MR) is 314 cm³/mol. The minimum Gasteiger partial charge on any atom is -0.394 e. The summed E-state index contributed by atoms with van der Waals surface area (Å²) in [6.45, 7) is 1.61. The number of aliphatic hydroxyl groups excluding tert-OH is 11. The molecule has 19 heteroatoms. The lowest BCUT2D eigenvalue weighted by atomic mass is 9.96. The van der Waals surface area contributed by atoms with E-state index in [2.05, 4.69) is 55.6 Å². The van der Waals surface area contributed by atoms with Crippen LogP contribution in [-0.4, -0.2) is 193 Å². The highest BCUT2D eigenvalue weighted by Gasteiger charge is 2.53. The molecule has 3 heterocycles. The van der Waals surface area contributed by atoms with Gasteiger partial charge in [-0.15, -0.1) is 0 Å². The van der Waals surface area contributed by atoms with Crippen molar-refractivity contribution < 1.29 is 89.4 Å². The third-order valence-electron chi connectivity index (χ3n) is 15.9. The molecular formula is C63H113NO18. The summed E-state index contributed by atoms with van der Waals surface area (Å²) in [7, 11) is 0. The van der Waals surface area contributed by atoms with Crippen molar-refractivity contribution in [1.29, 1.82) is 0 Å². The first-order valence-electron chi connectivity index (χ1n) is 31.9. The Morgan fingerprint density at radius 1 is 0.439 bits per heavy atom. The molecule has 1 amide bonds. The zero-order chi connectivity index (χ0) is 59.7. The summed E-state index contributed by atoms with van der Waals surface area (Å²) in [6.07, 6.45) is 26.0. The van der Waals surface area contributed by atoms with Crippen LogP contribution in [0.3, 0.4) is 0 Å². The van der Waals surface area contributed by atoms with E-state index in [1.54, 1.807) is 6.08 Å². The van der Waals surface area contributed by atoms with Crippen molar-refractivity contribution in [3.8, 4) is 0 Å². The fraction of sp³-hybridized carbons (Fsp3) is 0.857. The lowest BCUT2D eigenvalue weighted by molar-refractivity contribution is -0.379. The SMILES string of the molecule is CCCCCC/C=C/C(O)C(COC1OC(CO)C(OC2OC(CO)C(OC3OC(CO)C(O)C(O)C3O)C(O)C2O)C(O)C1O)NC(=O)CCCCCCCCCCCCCCCCCC/C=C\C/C=C\C/C=C\CCCCCCC. The van der Waals surface area contributed by atoms with E-state index in [0.717, 1.165) is 64.2 Å². The molecule has 3 saturated heterocycles. The monoisotopic (exact) mass is 1170 g/mol. The van der Waals surface area contributed by atoms with Gasteiger partial charge >= 0.3 is 0 Å². The van der Waals surface area contributed by atoms with Crippen LogP contribution in [0, 0.1) is 0 Å². The molecule has 0 saturated carbocycles. The molecule has 19 nitrogen and oxygen atoms in total. The van der Waals surface area contributed by atoms with Gasteiger partial charge in [0.05, 0.1) is 38.6 Å². The summed E-state index contributed by atoms with van der Waals surface area (Å²) in [5.41, 5.74) is 0. The van der Waals surface area contributed by atoms with Gasteiger partial charge in [0.25, 0.3) is 0 Å². The van der Waals surface area contributed by atoms with Gasteiger partial charge in [-0.2, -0.15) is 0 Å². The molecule has 3 aliphatic heterocycles. The van der Waals surface area contributed by atoms with Gasteiger partial charge in [-0.3, -0.25) is 4.79 Å². The molecule has 3 fully saturated rings. The average Bonchev–Trinajstić information content (AvgIpc) is 3.53. The van der Waals surface area contributed by atoms with Crippen LogP contribution in [0.2, 0.25) is 0 Å². The van der Waals surface area contributed by atoms with Crippen LogP contribution in [0.25, 0.3) is 0 Å². The minimum atomic E-state index is -1.98. The van der Waals surface area contributed by atoms with Crippen molar-refractivity contribution in [2.75, 3.05) is 26.4 Å². The molecule has 478 valence electrons. The molecule has 0 radical (unpaired) electrons. The highest BCUT2D eigenvalue weighted by Crippen LogP contribution is 2.33. The van der Waals surface area contributed by atoms with Crippen molar-refractivity contribution in [1.82, 2.24) is 5.32 Å². The first kappa shape index (κ1) is 74.0. The van der Waals surface area contributed by atoms with Crippen molar-refractivity contribution in [3.63, 3.8) is 0 Å². The van der Waals surface area contributed by atoms with Gasteiger partial charge in [0.2, 0.25) is 5.91 Å². The average molecular weight is 1170 g/mol. The summed E-state index contributed by atoms with van der Waals surface area (Å²) in [6, 6.07) is -0.969. The smallest absolute Gasteiger partial charge is 0.220 e. The molecule has 82 heavy (non-hydrogen) atoms. The van der Waals surface area contributed by atoms with Gasteiger partial charge in [-0.1, -0.05) is 197 Å². The van der Waals surface area contributed by atoms with Gasteiger partial charge in [0.15, 0.2) is 18.9 Å². The standard InChI is InChI=1S/C63H113NO18/c1-3-5-7-9-11-12-13-14-15-16-17-18-19-20-21-22-23-24-25-26-27-28-29-30-31-32-33-34-35-37-39-41-51(69)64-46(47(68)40-38-36-10-8-6-4-2)45-77-61-57(75)54(72)59(49(43-66)79-61)82-63-58(76)55(73)60(50(44-67)80-63)81-62-56(74)53(71)52(70)48(42-65)78-62/h13-14,16-17,19-20,38,40,46-50,52-63,65-68,70-76H,3-12,15,18,21-37,39,41-45H2,1-2H3,(H,64,69)/b14-13-,17-16-,20-19-,40-38+. The van der Waals surface area contributed by atoms with Crippen LogP contribution in [0.5, 0.6) is 0 Å². The Labute approximate surface area is 491 Å². The quantitative estimate of drug-likeness (QED) is 0.0224. The van der Waals surface area contributed by atoms with Crippen LogP contribution >= 0.6 is 0 Å². The number of ether oxygens (including phenoxy) is 6. The number of unbranched alkanes of at least 4 members (excludes halogenated alkanes) is 25. The molecule has 12 N–H and O–H groups in total. The molecule has 17 atom stereocenters. The summed E-state index contributed by atoms with van der Waals surface area (Å²) in [5.74, 6) is -0.282. The van der Waals surface area contributed by atoms with Crippen LogP contribution < -0.4 is 5.32 Å². The molecule has 3 aliphatic rings. The maximum atomic E-state index is 13.2. The molecule has 0 aromatic carbocycles. The van der Waals surface area contributed by atoms with E-state index >= 15 is 0 Å². The van der Waals surface area contributed by atoms with Gasteiger partial charge in [0.1, 0.15) is 73.2 Å². The predicted octanol–water partition coefficient (Wildman–Crippen LogP) is 6.65. The molecule has 0 aliphatic carbocycles. The Balaban J connectivity index is 1.32. The Bertz CT molecular complexity index is 1680. The van der Waals surface area contributed by atoms with Crippen LogP contribution in [0.1, 0.15) is 213 Å². The molecule has 3 rings (SSSR count). The number of hydrogen-bond donors (Lipinski definition) is 12. The van der Waals surface area contributed by atoms with Crippen LogP contribution in [0.4, 0.5) is 0 Å². The third kappa shape index (κ3) is 29.0. The lowest BCUT2D eigenvalue weighted by Crippen LogP contribution is -2.66. The maximum Gasteiger partial charge on any atom is 0.220 e. The summed E-state index contributed by atoms with van der Waals surface area (Å²) in [4.78, 5) is 13.2. The first-order chi connectivity index (χ1) is 39.8. The number of carbonyl (C=O) groups excluding carboxylic acids is 1. The number of hydrogen-bond acceptors (Lipinski definition) is 18. The molecular weight excluding hydrogens is 1060 g/mol.